The first-order valence-corrected chi connectivity index (χ1v) is 9.12. The second kappa shape index (κ2) is 6.11. The summed E-state index contributed by atoms with van der Waals surface area (Å²) < 4.78 is 2.07. The summed E-state index contributed by atoms with van der Waals surface area (Å²) in [4.78, 5) is 15.6. The van der Waals surface area contributed by atoms with Gasteiger partial charge in [-0.15, -0.1) is 0 Å². The second-order valence-corrected chi connectivity index (χ2v) is 7.53. The fraction of sp³-hybridized carbons (Fsp3) is 0.476. The lowest BCUT2D eigenvalue weighted by Crippen LogP contribution is -2.52. The highest BCUT2D eigenvalue weighted by molar-refractivity contribution is 6.03. The van der Waals surface area contributed by atoms with Gasteiger partial charge in [0, 0.05) is 49.5 Å². The van der Waals surface area contributed by atoms with Crippen molar-refractivity contribution in [1.82, 2.24) is 9.47 Å². The van der Waals surface area contributed by atoms with Gasteiger partial charge in [-0.1, -0.05) is 29.8 Å². The van der Waals surface area contributed by atoms with Crippen molar-refractivity contribution in [2.24, 2.45) is 18.9 Å². The molecule has 4 rings (SSSR count). The topological polar surface area (TPSA) is 45.5 Å². The zero-order valence-electron chi connectivity index (χ0n) is 15.2. The van der Waals surface area contributed by atoms with E-state index in [0.717, 1.165) is 29.7 Å². The maximum atomic E-state index is 13.2. The highest BCUT2D eigenvalue weighted by atomic mass is 16.3. The minimum atomic E-state index is 0.112. The molecule has 3 atom stereocenters. The number of rotatable bonds is 1. The van der Waals surface area contributed by atoms with Crippen LogP contribution in [0.25, 0.3) is 10.9 Å². The third-order valence-corrected chi connectivity index (χ3v) is 6.36. The molecule has 1 fully saturated rings. The summed E-state index contributed by atoms with van der Waals surface area (Å²) in [7, 11) is 4.14. The lowest BCUT2D eigenvalue weighted by atomic mass is 9.71. The van der Waals surface area contributed by atoms with Crippen LogP contribution in [0, 0.1) is 11.8 Å². The van der Waals surface area contributed by atoms with E-state index in [0.29, 0.717) is 6.42 Å². The van der Waals surface area contributed by atoms with Crippen molar-refractivity contribution >= 4 is 16.7 Å². The predicted molar refractivity (Wildman–Crippen MR) is 99.8 cm³/mol. The van der Waals surface area contributed by atoms with E-state index in [-0.39, 0.29) is 30.3 Å². The van der Waals surface area contributed by atoms with Crippen LogP contribution < -0.4 is 0 Å². The van der Waals surface area contributed by atoms with Gasteiger partial charge in [0.2, 0.25) is 0 Å². The number of ketones is 1. The van der Waals surface area contributed by atoms with Gasteiger partial charge in [0.25, 0.3) is 0 Å². The molecular formula is C21H26N2O2. The maximum absolute atomic E-state index is 13.2. The van der Waals surface area contributed by atoms with Crippen molar-refractivity contribution in [3.8, 4) is 0 Å². The molecule has 1 saturated heterocycles. The molecule has 4 nitrogen and oxygen atoms in total. The van der Waals surface area contributed by atoms with Gasteiger partial charge in [0.15, 0.2) is 5.78 Å². The van der Waals surface area contributed by atoms with Gasteiger partial charge in [-0.3, -0.25) is 9.69 Å². The predicted octanol–water partition coefficient (Wildman–Crippen LogP) is 2.79. The number of piperidine rings is 1. The smallest absolute Gasteiger partial charge is 0.180 e. The van der Waals surface area contributed by atoms with Crippen molar-refractivity contribution in [3.63, 3.8) is 0 Å². The number of allylic oxidation sites excluding steroid dienone is 1. The van der Waals surface area contributed by atoms with Crippen LogP contribution >= 0.6 is 0 Å². The summed E-state index contributed by atoms with van der Waals surface area (Å²) in [5.74, 6) is 0.468. The van der Waals surface area contributed by atoms with Crippen LogP contribution in [0.4, 0.5) is 0 Å². The Morgan fingerprint density at radius 1 is 1.24 bits per heavy atom. The number of carbonyl (C=O) groups is 1. The van der Waals surface area contributed by atoms with Gasteiger partial charge in [0.05, 0.1) is 5.69 Å². The van der Waals surface area contributed by atoms with E-state index in [9.17, 15) is 9.90 Å². The Balaban J connectivity index is 1.93. The van der Waals surface area contributed by atoms with Crippen LogP contribution in [0.5, 0.6) is 0 Å². The normalized spacial score (nSPS) is 28.9. The SMILES string of the molecule is CC=C1CN(C)[C@@H]2Cc3c(n(C)c4ccccc34)C(=O)CC1[C@H]2CO. The molecule has 1 aromatic carbocycles. The van der Waals surface area contributed by atoms with Gasteiger partial charge in [-0.2, -0.15) is 0 Å². The van der Waals surface area contributed by atoms with Crippen LogP contribution in [0.1, 0.15) is 29.4 Å². The summed E-state index contributed by atoms with van der Waals surface area (Å²) in [6, 6.07) is 8.54. The van der Waals surface area contributed by atoms with Crippen molar-refractivity contribution < 1.29 is 9.90 Å². The van der Waals surface area contributed by atoms with E-state index in [1.807, 2.05) is 26.1 Å². The maximum Gasteiger partial charge on any atom is 0.180 e. The van der Waals surface area contributed by atoms with E-state index >= 15 is 0 Å². The van der Waals surface area contributed by atoms with Crippen molar-refractivity contribution in [3.05, 3.63) is 47.2 Å². The zero-order valence-corrected chi connectivity index (χ0v) is 15.2. The van der Waals surface area contributed by atoms with Gasteiger partial charge >= 0.3 is 0 Å². The lowest BCUT2D eigenvalue weighted by molar-refractivity contribution is 0.0516. The molecule has 1 aromatic heterocycles. The Labute approximate surface area is 148 Å². The highest BCUT2D eigenvalue weighted by Crippen LogP contribution is 2.41. The zero-order chi connectivity index (χ0) is 17.7. The minimum absolute atomic E-state index is 0.112. The largest absolute Gasteiger partial charge is 0.396 e. The number of Topliss-reactive ketones (excluding diaryl/α,β-unsaturated/α-hetero) is 1. The third-order valence-electron chi connectivity index (χ3n) is 6.36. The standard InChI is InChI=1S/C21H26N2O2/c1-4-13-11-22(2)19-9-16-14-7-5-6-8-18(14)23(3)21(16)20(25)10-15(13)17(19)12-24/h4-8,15,17,19,24H,9-12H2,1-3H3/t15?,17-,19-/m1/s1. The van der Waals surface area contributed by atoms with Crippen LogP contribution in [-0.4, -0.2) is 46.6 Å². The molecule has 25 heavy (non-hydrogen) atoms. The van der Waals surface area contributed by atoms with E-state index in [1.54, 1.807) is 0 Å². The van der Waals surface area contributed by atoms with Gasteiger partial charge < -0.3 is 9.67 Å². The fourth-order valence-corrected chi connectivity index (χ4v) is 5.08. The molecule has 1 N–H and O–H groups in total. The number of hydrogen-bond acceptors (Lipinski definition) is 3. The molecule has 2 aliphatic rings. The Kier molecular flexibility index (Phi) is 4.05. The molecule has 2 heterocycles. The molecular weight excluding hydrogens is 312 g/mol. The van der Waals surface area contributed by atoms with Crippen molar-refractivity contribution in [1.29, 1.82) is 0 Å². The molecule has 1 aliphatic carbocycles. The van der Waals surface area contributed by atoms with E-state index in [4.69, 9.17) is 0 Å². The number of nitrogens with zero attached hydrogens (tertiary/aromatic N) is 2. The molecule has 1 aliphatic heterocycles. The molecule has 132 valence electrons. The number of fused-ring (bicyclic) bond motifs is 5. The van der Waals surface area contributed by atoms with Crippen LogP contribution in [0.15, 0.2) is 35.9 Å². The molecule has 4 heteroatoms. The van der Waals surface area contributed by atoms with Gasteiger partial charge in [-0.25, -0.2) is 0 Å². The molecule has 0 radical (unpaired) electrons. The number of para-hydroxylation sites is 1. The quantitative estimate of drug-likeness (QED) is 0.813. The van der Waals surface area contributed by atoms with Crippen molar-refractivity contribution in [2.45, 2.75) is 25.8 Å². The minimum Gasteiger partial charge on any atom is -0.396 e. The highest BCUT2D eigenvalue weighted by Gasteiger charge is 2.42. The Hall–Kier alpha value is -1.91. The van der Waals surface area contributed by atoms with Crippen LogP contribution in [0.2, 0.25) is 0 Å². The number of benzene rings is 1. The average molecular weight is 338 g/mol. The van der Waals surface area contributed by atoms with E-state index < -0.39 is 0 Å². The molecule has 1 unspecified atom stereocenters. The number of aliphatic hydroxyl groups excluding tert-OH is 1. The number of aliphatic hydroxyl groups is 1. The number of carbonyl (C=O) groups excluding carboxylic acids is 1. The number of likely N-dealkylation sites (tertiary alicyclic amines) is 1. The number of likely N-dealkylation sites (N-methyl/N-ethyl adjacent to an activating group) is 1. The fourth-order valence-electron chi connectivity index (χ4n) is 5.08. The molecule has 2 bridgehead atoms. The number of aromatic nitrogens is 1. The van der Waals surface area contributed by atoms with E-state index in [1.165, 1.54) is 11.0 Å². The number of hydrogen-bond donors (Lipinski definition) is 1. The first kappa shape index (κ1) is 16.6. The molecule has 0 saturated carbocycles. The first-order chi connectivity index (χ1) is 12.1. The van der Waals surface area contributed by atoms with E-state index in [2.05, 4.69) is 34.7 Å². The lowest BCUT2D eigenvalue weighted by Gasteiger charge is -2.46. The van der Waals surface area contributed by atoms with Gasteiger partial charge in [0.1, 0.15) is 0 Å². The molecule has 0 spiro atoms. The summed E-state index contributed by atoms with van der Waals surface area (Å²) in [5.41, 5.74) is 4.42. The monoisotopic (exact) mass is 338 g/mol. The average Bonchev–Trinajstić information content (AvgIpc) is 2.88. The first-order valence-electron chi connectivity index (χ1n) is 9.12. The summed E-state index contributed by atoms with van der Waals surface area (Å²) in [6.07, 6.45) is 3.45. The number of aryl methyl sites for hydroxylation is 1. The Bertz CT molecular complexity index is 864. The molecule has 0 amide bonds. The van der Waals surface area contributed by atoms with Gasteiger partial charge in [-0.05, 0) is 37.9 Å². The van der Waals surface area contributed by atoms with Crippen molar-refractivity contribution in [2.75, 3.05) is 20.2 Å². The second-order valence-electron chi connectivity index (χ2n) is 7.53. The summed E-state index contributed by atoms with van der Waals surface area (Å²) in [6.45, 7) is 3.06. The Morgan fingerprint density at radius 2 is 2.00 bits per heavy atom. The third kappa shape index (κ3) is 2.39. The molecule has 2 aromatic rings. The summed E-state index contributed by atoms with van der Waals surface area (Å²) in [5, 5.41) is 11.3. The Morgan fingerprint density at radius 3 is 2.72 bits per heavy atom. The van der Waals surface area contributed by atoms with Crippen LogP contribution in [0.3, 0.4) is 0 Å². The van der Waals surface area contributed by atoms with Crippen LogP contribution in [-0.2, 0) is 13.5 Å². The summed E-state index contributed by atoms with van der Waals surface area (Å²) >= 11 is 0.